The monoisotopic (exact) mass is 331 g/mol. The van der Waals surface area contributed by atoms with Crippen molar-refractivity contribution in [2.75, 3.05) is 31.1 Å². The summed E-state index contributed by atoms with van der Waals surface area (Å²) in [4.78, 5) is 20.2. The molecule has 2 N–H and O–H groups in total. The summed E-state index contributed by atoms with van der Waals surface area (Å²) in [6.45, 7) is 2.38. The number of phenolic OH excluding ortho intramolecular Hbond substituents is 2. The number of hydrogen-bond acceptors (Lipinski definition) is 5. The van der Waals surface area contributed by atoms with Gasteiger partial charge >= 0.3 is 0 Å². The van der Waals surface area contributed by atoms with Crippen molar-refractivity contribution in [1.29, 1.82) is 0 Å². The Kier molecular flexibility index (Phi) is 4.50. The Hall–Kier alpha value is -2.83. The molecule has 0 spiro atoms. The first kappa shape index (κ1) is 16.0. The molecule has 0 unspecified atom stereocenters. The molecule has 2 heterocycles. The van der Waals surface area contributed by atoms with Crippen molar-refractivity contribution in [2.45, 2.75) is 6.42 Å². The minimum atomic E-state index is -0.371. The van der Waals surface area contributed by atoms with Gasteiger partial charge in [-0.3, -0.25) is 4.79 Å². The molecule has 3 rings (SSSR count). The molecule has 6 nitrogen and oxygen atoms in total. The molecular formula is C17H18FN3O3. The minimum Gasteiger partial charge on any atom is -0.504 e. The normalized spacial score (nSPS) is 14.7. The lowest BCUT2D eigenvalue weighted by Gasteiger charge is -2.35. The molecule has 1 aliphatic heterocycles. The number of anilines is 1. The maximum absolute atomic E-state index is 12.9. The van der Waals surface area contributed by atoms with Crippen molar-refractivity contribution in [3.05, 3.63) is 47.9 Å². The standard InChI is InChI=1S/C17H18FN3O3/c18-13-2-4-16(19-11-13)20-5-7-21(8-6-20)17(24)10-12-1-3-14(22)15(23)9-12/h1-4,9,11,22-23H,5-8,10H2. The van der Waals surface area contributed by atoms with E-state index < -0.39 is 0 Å². The molecule has 0 aliphatic carbocycles. The predicted octanol–water partition coefficient (Wildman–Crippen LogP) is 1.52. The SMILES string of the molecule is O=C(Cc1ccc(O)c(O)c1)N1CCN(c2ccc(F)cn2)CC1. The van der Waals surface area contributed by atoms with Gasteiger partial charge in [-0.15, -0.1) is 0 Å². The number of phenols is 2. The number of nitrogens with zero attached hydrogens (tertiary/aromatic N) is 3. The molecule has 1 aromatic heterocycles. The van der Waals surface area contributed by atoms with Crippen LogP contribution in [0.5, 0.6) is 11.5 Å². The van der Waals surface area contributed by atoms with Gasteiger partial charge in [-0.05, 0) is 29.8 Å². The second-order valence-electron chi connectivity index (χ2n) is 5.70. The fourth-order valence-corrected chi connectivity index (χ4v) is 2.71. The molecule has 1 fully saturated rings. The second kappa shape index (κ2) is 6.74. The van der Waals surface area contributed by atoms with Gasteiger partial charge in [-0.1, -0.05) is 6.07 Å². The van der Waals surface area contributed by atoms with Crippen molar-refractivity contribution in [3.63, 3.8) is 0 Å². The molecule has 1 aromatic carbocycles. The van der Waals surface area contributed by atoms with Crippen LogP contribution >= 0.6 is 0 Å². The van der Waals surface area contributed by atoms with Crippen LogP contribution in [0.2, 0.25) is 0 Å². The van der Waals surface area contributed by atoms with Crippen LogP contribution in [-0.4, -0.2) is 52.2 Å². The highest BCUT2D eigenvalue weighted by atomic mass is 19.1. The molecule has 1 saturated heterocycles. The summed E-state index contributed by atoms with van der Waals surface area (Å²) >= 11 is 0. The number of hydrogen-bond donors (Lipinski definition) is 2. The van der Waals surface area contributed by atoms with Crippen molar-refractivity contribution in [2.24, 2.45) is 0 Å². The third-order valence-electron chi connectivity index (χ3n) is 4.06. The first-order valence-corrected chi connectivity index (χ1v) is 7.68. The largest absolute Gasteiger partial charge is 0.504 e. The van der Waals surface area contributed by atoms with Gasteiger partial charge in [0.1, 0.15) is 11.6 Å². The quantitative estimate of drug-likeness (QED) is 0.834. The van der Waals surface area contributed by atoms with E-state index in [1.807, 2.05) is 4.90 Å². The van der Waals surface area contributed by atoms with Crippen LogP contribution < -0.4 is 4.90 Å². The molecule has 24 heavy (non-hydrogen) atoms. The van der Waals surface area contributed by atoms with E-state index in [9.17, 15) is 19.4 Å². The molecule has 0 atom stereocenters. The smallest absolute Gasteiger partial charge is 0.227 e. The van der Waals surface area contributed by atoms with Crippen molar-refractivity contribution >= 4 is 11.7 Å². The van der Waals surface area contributed by atoms with Crippen molar-refractivity contribution in [3.8, 4) is 11.5 Å². The lowest BCUT2D eigenvalue weighted by Crippen LogP contribution is -2.49. The van der Waals surface area contributed by atoms with Gasteiger partial charge in [0.05, 0.1) is 12.6 Å². The number of rotatable bonds is 3. The van der Waals surface area contributed by atoms with Crippen molar-refractivity contribution < 1.29 is 19.4 Å². The van der Waals surface area contributed by atoms with Crippen LogP contribution in [0, 0.1) is 5.82 Å². The number of benzene rings is 1. The Morgan fingerprint density at radius 3 is 2.46 bits per heavy atom. The summed E-state index contributed by atoms with van der Waals surface area (Å²) < 4.78 is 12.9. The average molecular weight is 331 g/mol. The van der Waals surface area contributed by atoms with Gasteiger partial charge in [0.15, 0.2) is 11.5 Å². The predicted molar refractivity (Wildman–Crippen MR) is 86.5 cm³/mol. The Labute approximate surface area is 138 Å². The zero-order valence-corrected chi connectivity index (χ0v) is 13.0. The van der Waals surface area contributed by atoms with Crippen LogP contribution in [-0.2, 0) is 11.2 Å². The zero-order valence-electron chi connectivity index (χ0n) is 13.0. The second-order valence-corrected chi connectivity index (χ2v) is 5.70. The Bertz CT molecular complexity index is 728. The molecule has 0 bridgehead atoms. The van der Waals surface area contributed by atoms with E-state index >= 15 is 0 Å². The summed E-state index contributed by atoms with van der Waals surface area (Å²) in [7, 11) is 0. The van der Waals surface area contributed by atoms with Gasteiger partial charge in [0, 0.05) is 26.2 Å². The lowest BCUT2D eigenvalue weighted by atomic mass is 10.1. The number of carbonyl (C=O) groups excluding carboxylic acids is 1. The van der Waals surface area contributed by atoms with E-state index in [1.54, 1.807) is 17.0 Å². The third kappa shape index (κ3) is 3.56. The fourth-order valence-electron chi connectivity index (χ4n) is 2.71. The van der Waals surface area contributed by atoms with Gasteiger partial charge < -0.3 is 20.0 Å². The highest BCUT2D eigenvalue weighted by Gasteiger charge is 2.22. The molecular weight excluding hydrogens is 313 g/mol. The third-order valence-corrected chi connectivity index (χ3v) is 4.06. The first-order chi connectivity index (χ1) is 11.5. The van der Waals surface area contributed by atoms with E-state index in [1.165, 1.54) is 24.4 Å². The number of halogens is 1. The molecule has 0 radical (unpaired) electrons. The van der Waals surface area contributed by atoms with Crippen LogP contribution in [0.25, 0.3) is 0 Å². The summed E-state index contributed by atoms with van der Waals surface area (Å²) in [6, 6.07) is 7.39. The highest BCUT2D eigenvalue weighted by Crippen LogP contribution is 2.25. The summed E-state index contributed by atoms with van der Waals surface area (Å²) in [6.07, 6.45) is 1.35. The number of carbonyl (C=O) groups is 1. The Morgan fingerprint density at radius 1 is 1.08 bits per heavy atom. The number of aromatic nitrogens is 1. The van der Waals surface area contributed by atoms with E-state index in [0.717, 1.165) is 0 Å². The molecule has 7 heteroatoms. The average Bonchev–Trinajstić information content (AvgIpc) is 2.59. The fraction of sp³-hybridized carbons (Fsp3) is 0.294. The summed E-state index contributed by atoms with van der Waals surface area (Å²) in [5.74, 6) is -0.136. The highest BCUT2D eigenvalue weighted by molar-refractivity contribution is 5.79. The number of amides is 1. The maximum atomic E-state index is 12.9. The van der Waals surface area contributed by atoms with Crippen LogP contribution in [0.4, 0.5) is 10.2 Å². The van der Waals surface area contributed by atoms with E-state index in [-0.39, 0.29) is 29.6 Å². The minimum absolute atomic E-state index is 0.0354. The number of pyridine rings is 1. The number of aromatic hydroxyl groups is 2. The Balaban J connectivity index is 1.56. The summed E-state index contributed by atoms with van der Waals surface area (Å²) in [5, 5.41) is 18.8. The van der Waals surface area contributed by atoms with Gasteiger partial charge in [0.25, 0.3) is 0 Å². The number of piperazine rings is 1. The van der Waals surface area contributed by atoms with Crippen LogP contribution in [0.15, 0.2) is 36.5 Å². The maximum Gasteiger partial charge on any atom is 0.227 e. The topological polar surface area (TPSA) is 76.9 Å². The molecule has 0 saturated carbocycles. The molecule has 1 aliphatic rings. The first-order valence-electron chi connectivity index (χ1n) is 7.68. The van der Waals surface area contributed by atoms with Crippen LogP contribution in [0.1, 0.15) is 5.56 Å². The van der Waals surface area contributed by atoms with Gasteiger partial charge in [-0.25, -0.2) is 9.37 Å². The molecule has 2 aromatic rings. The van der Waals surface area contributed by atoms with Gasteiger partial charge in [0.2, 0.25) is 5.91 Å². The molecule has 1 amide bonds. The Morgan fingerprint density at radius 2 is 1.83 bits per heavy atom. The summed E-state index contributed by atoms with van der Waals surface area (Å²) in [5.41, 5.74) is 0.651. The van der Waals surface area contributed by atoms with E-state index in [2.05, 4.69) is 4.98 Å². The zero-order chi connectivity index (χ0) is 17.1. The van der Waals surface area contributed by atoms with Crippen LogP contribution in [0.3, 0.4) is 0 Å². The van der Waals surface area contributed by atoms with Crippen molar-refractivity contribution in [1.82, 2.24) is 9.88 Å². The van der Waals surface area contributed by atoms with E-state index in [0.29, 0.717) is 37.6 Å². The van der Waals surface area contributed by atoms with Gasteiger partial charge in [-0.2, -0.15) is 0 Å². The van der Waals surface area contributed by atoms with E-state index in [4.69, 9.17) is 0 Å². The molecule has 126 valence electrons. The lowest BCUT2D eigenvalue weighted by molar-refractivity contribution is -0.130.